The third-order valence-electron chi connectivity index (χ3n) is 16.9. The highest BCUT2D eigenvalue weighted by atomic mass is 16.7. The summed E-state index contributed by atoms with van der Waals surface area (Å²) in [5, 5.41) is 76.4. The van der Waals surface area contributed by atoms with Crippen LogP contribution in [0.15, 0.2) is 36.5 Å². The molecule has 1 amide bonds. The number of aliphatic hydroxyl groups excluding tert-OH is 7. The lowest BCUT2D eigenvalue weighted by molar-refractivity contribution is -0.303. The summed E-state index contributed by atoms with van der Waals surface area (Å²) in [5.74, 6) is -0.711. The van der Waals surface area contributed by atoms with E-state index in [1.54, 1.807) is 0 Å². The highest BCUT2D eigenvalue weighted by Gasteiger charge is 2.44. The van der Waals surface area contributed by atoms with Crippen molar-refractivity contribution in [3.05, 3.63) is 36.5 Å². The largest absolute Gasteiger partial charge is 0.394 e. The van der Waals surface area contributed by atoms with Gasteiger partial charge in [0.05, 0.1) is 25.4 Å². The molecule has 0 bridgehead atoms. The van der Waals surface area contributed by atoms with Crippen LogP contribution in [0.1, 0.15) is 335 Å². The van der Waals surface area contributed by atoms with Gasteiger partial charge in [0, 0.05) is 0 Å². The molecule has 478 valence electrons. The fraction of sp³-hybridized carbons (Fsp3) is 0.900. The van der Waals surface area contributed by atoms with Gasteiger partial charge in [0.25, 0.3) is 0 Å². The van der Waals surface area contributed by atoms with E-state index >= 15 is 0 Å². The van der Waals surface area contributed by atoms with E-state index in [4.69, 9.17) is 9.47 Å². The standard InChI is InChI=1S/C70H133NO10/c1-3-5-7-9-11-13-15-17-19-21-23-25-27-28-29-30-31-32-33-34-35-36-38-39-41-43-45-47-49-51-53-55-57-62(73)65(75)61(60-80-70-68(78)67(77)66(76)64(59-72)81-70)71-69(79)63(74)58-56-54-52-50-48-46-44-42-40-37-26-24-22-20-18-16-14-12-10-8-6-4-2/h40-43,49,51,61-68,70,72-78H,3-39,44-48,50,52-60H2,1-2H3,(H,71,79)/b42-40-,43-41+,51-49+. The minimum absolute atomic E-state index is 0.245. The molecule has 8 N–H and O–H groups in total. The van der Waals surface area contributed by atoms with E-state index < -0.39 is 74.2 Å². The van der Waals surface area contributed by atoms with Crippen molar-refractivity contribution in [2.45, 2.75) is 390 Å². The Labute approximate surface area is 498 Å². The monoisotopic (exact) mass is 1150 g/mol. The Morgan fingerprint density at radius 3 is 1.10 bits per heavy atom. The predicted molar refractivity (Wildman–Crippen MR) is 339 cm³/mol. The summed E-state index contributed by atoms with van der Waals surface area (Å²) in [5.41, 5.74) is 0. The zero-order valence-electron chi connectivity index (χ0n) is 52.8. The molecular weight excluding hydrogens is 1010 g/mol. The maximum atomic E-state index is 13.2. The fourth-order valence-electron chi connectivity index (χ4n) is 11.3. The van der Waals surface area contributed by atoms with Gasteiger partial charge in [-0.15, -0.1) is 0 Å². The molecule has 1 aliphatic rings. The van der Waals surface area contributed by atoms with Crippen LogP contribution < -0.4 is 5.32 Å². The SMILES string of the molecule is CCCCCCCCCCCCCC/C=C\CCCCCCCCC(O)C(=O)NC(COC1OC(CO)C(O)C(O)C1O)C(O)C(O)CCC/C=C/CC/C=C/CCCCCCCCCCCCCCCCCCCCCCCCC. The Bertz CT molecular complexity index is 1410. The number of aliphatic hydroxyl groups is 7. The van der Waals surface area contributed by atoms with E-state index in [0.717, 1.165) is 57.8 Å². The third-order valence-corrected chi connectivity index (χ3v) is 16.9. The zero-order valence-corrected chi connectivity index (χ0v) is 52.8. The molecule has 0 radical (unpaired) electrons. The molecule has 0 aliphatic carbocycles. The summed E-state index contributed by atoms with van der Waals surface area (Å²) in [7, 11) is 0. The van der Waals surface area contributed by atoms with E-state index in [1.165, 1.54) is 231 Å². The number of amides is 1. The molecule has 1 aliphatic heterocycles. The highest BCUT2D eigenvalue weighted by molar-refractivity contribution is 5.80. The molecule has 0 aromatic heterocycles. The van der Waals surface area contributed by atoms with Gasteiger partial charge in [0.2, 0.25) is 5.91 Å². The molecule has 1 saturated heterocycles. The minimum atomic E-state index is -1.67. The average molecular weight is 1150 g/mol. The first-order valence-electron chi connectivity index (χ1n) is 34.9. The summed E-state index contributed by atoms with van der Waals surface area (Å²) in [6.45, 7) is 3.48. The maximum Gasteiger partial charge on any atom is 0.249 e. The van der Waals surface area contributed by atoms with E-state index in [1.807, 2.05) is 0 Å². The number of hydrogen-bond donors (Lipinski definition) is 8. The highest BCUT2D eigenvalue weighted by Crippen LogP contribution is 2.24. The van der Waals surface area contributed by atoms with E-state index in [-0.39, 0.29) is 12.8 Å². The lowest BCUT2D eigenvalue weighted by Crippen LogP contribution is -2.60. The maximum absolute atomic E-state index is 13.2. The number of nitrogens with one attached hydrogen (secondary N) is 1. The van der Waals surface area contributed by atoms with E-state index in [9.17, 15) is 40.5 Å². The Balaban J connectivity index is 2.23. The summed E-state index contributed by atoms with van der Waals surface area (Å²) in [6, 6.07) is -1.20. The molecule has 0 saturated carbocycles. The number of hydrogen-bond acceptors (Lipinski definition) is 10. The summed E-state index contributed by atoms with van der Waals surface area (Å²) in [4.78, 5) is 13.2. The van der Waals surface area contributed by atoms with Gasteiger partial charge in [0.15, 0.2) is 6.29 Å². The van der Waals surface area contributed by atoms with Gasteiger partial charge in [0.1, 0.15) is 36.6 Å². The van der Waals surface area contributed by atoms with Crippen LogP contribution in [0, 0.1) is 0 Å². The van der Waals surface area contributed by atoms with Crippen molar-refractivity contribution in [3.63, 3.8) is 0 Å². The van der Waals surface area contributed by atoms with Crippen LogP contribution in [0.4, 0.5) is 0 Å². The lowest BCUT2D eigenvalue weighted by Gasteiger charge is -2.40. The number of rotatable bonds is 61. The first-order valence-corrected chi connectivity index (χ1v) is 34.9. The molecule has 11 nitrogen and oxygen atoms in total. The Hall–Kier alpha value is -1.67. The Kier molecular flexibility index (Phi) is 56.0. The van der Waals surface area contributed by atoms with Gasteiger partial charge < -0.3 is 50.5 Å². The molecule has 0 aromatic rings. The minimum Gasteiger partial charge on any atom is -0.394 e. The van der Waals surface area contributed by atoms with Crippen molar-refractivity contribution in [1.29, 1.82) is 0 Å². The lowest BCUT2D eigenvalue weighted by atomic mass is 9.98. The fourth-order valence-corrected chi connectivity index (χ4v) is 11.3. The molecular formula is C70H133NO10. The van der Waals surface area contributed by atoms with E-state index in [2.05, 4.69) is 55.6 Å². The molecule has 1 heterocycles. The molecule has 9 atom stereocenters. The smallest absolute Gasteiger partial charge is 0.249 e. The van der Waals surface area contributed by atoms with Crippen LogP contribution >= 0.6 is 0 Å². The second-order valence-electron chi connectivity index (χ2n) is 24.6. The normalized spacial score (nSPS) is 19.3. The van der Waals surface area contributed by atoms with Gasteiger partial charge >= 0.3 is 0 Å². The molecule has 1 fully saturated rings. The Morgan fingerprint density at radius 1 is 0.420 bits per heavy atom. The number of unbranched alkanes of at least 4 members (excludes halogenated alkanes) is 43. The van der Waals surface area contributed by atoms with Gasteiger partial charge in [-0.1, -0.05) is 294 Å². The van der Waals surface area contributed by atoms with Gasteiger partial charge in [-0.25, -0.2) is 0 Å². The van der Waals surface area contributed by atoms with E-state index in [0.29, 0.717) is 19.3 Å². The summed E-state index contributed by atoms with van der Waals surface area (Å²) in [6.07, 6.45) is 63.8. The van der Waals surface area contributed by atoms with Gasteiger partial charge in [-0.2, -0.15) is 0 Å². The van der Waals surface area contributed by atoms with Crippen molar-refractivity contribution in [1.82, 2.24) is 5.32 Å². The second-order valence-corrected chi connectivity index (χ2v) is 24.6. The van der Waals surface area contributed by atoms with Gasteiger partial charge in [-0.05, 0) is 77.0 Å². The molecule has 11 heteroatoms. The van der Waals surface area contributed by atoms with Crippen LogP contribution in [0.25, 0.3) is 0 Å². The molecule has 0 spiro atoms. The summed E-state index contributed by atoms with van der Waals surface area (Å²) >= 11 is 0. The van der Waals surface area contributed by atoms with Crippen LogP contribution in [-0.4, -0.2) is 110 Å². The number of carbonyl (C=O) groups is 1. The third kappa shape index (κ3) is 46.3. The molecule has 1 rings (SSSR count). The van der Waals surface area contributed by atoms with Crippen LogP contribution in [0.5, 0.6) is 0 Å². The first-order chi connectivity index (χ1) is 39.7. The molecule has 81 heavy (non-hydrogen) atoms. The van der Waals surface area contributed by atoms with Crippen molar-refractivity contribution < 1.29 is 50.0 Å². The second kappa shape index (κ2) is 58.7. The Morgan fingerprint density at radius 2 is 0.741 bits per heavy atom. The predicted octanol–water partition coefficient (Wildman–Crippen LogP) is 16.6. The average Bonchev–Trinajstić information content (AvgIpc) is 3.49. The van der Waals surface area contributed by atoms with Crippen molar-refractivity contribution >= 4 is 5.91 Å². The van der Waals surface area contributed by atoms with Gasteiger partial charge in [-0.3, -0.25) is 4.79 Å². The molecule has 0 aromatic carbocycles. The number of carbonyl (C=O) groups excluding carboxylic acids is 1. The van der Waals surface area contributed by atoms with Crippen molar-refractivity contribution in [3.8, 4) is 0 Å². The zero-order chi connectivity index (χ0) is 58.9. The van der Waals surface area contributed by atoms with Crippen molar-refractivity contribution in [2.75, 3.05) is 13.2 Å². The number of ether oxygens (including phenoxy) is 2. The van der Waals surface area contributed by atoms with Crippen LogP contribution in [-0.2, 0) is 14.3 Å². The molecule has 9 unspecified atom stereocenters. The quantitative estimate of drug-likeness (QED) is 0.0215. The first kappa shape index (κ1) is 77.3. The topological polar surface area (TPSA) is 189 Å². The summed E-state index contributed by atoms with van der Waals surface area (Å²) < 4.78 is 11.2. The van der Waals surface area contributed by atoms with Crippen LogP contribution in [0.2, 0.25) is 0 Å². The van der Waals surface area contributed by atoms with Crippen molar-refractivity contribution in [2.24, 2.45) is 0 Å². The number of allylic oxidation sites excluding steroid dienone is 6. The van der Waals surface area contributed by atoms with Crippen LogP contribution in [0.3, 0.4) is 0 Å².